The molecular formula is C48H85AcBrMgN4O3. The molecular weight excluding hydrogens is 1010 g/mol. The third kappa shape index (κ3) is 45.6. The van der Waals surface area contributed by atoms with Crippen LogP contribution in [0.4, 0.5) is 0 Å². The van der Waals surface area contributed by atoms with Crippen LogP contribution in [0.25, 0.3) is 0 Å². The maximum Gasteiger partial charge on any atom is 2.00 e. The van der Waals surface area contributed by atoms with Gasteiger partial charge < -0.3 is 39.8 Å². The summed E-state index contributed by atoms with van der Waals surface area (Å²) < 4.78 is 0. The van der Waals surface area contributed by atoms with Gasteiger partial charge in [-0.15, -0.1) is 0 Å². The van der Waals surface area contributed by atoms with Gasteiger partial charge in [0.1, 0.15) is 17.5 Å². The first kappa shape index (κ1) is 67.1. The molecule has 0 amide bonds. The Labute approximate surface area is 420 Å². The minimum absolute atomic E-state index is 0. The van der Waals surface area contributed by atoms with Crippen molar-refractivity contribution in [2.24, 2.45) is 0 Å². The largest absolute Gasteiger partial charge is 2.00 e. The summed E-state index contributed by atoms with van der Waals surface area (Å²) >= 11 is 0. The average Bonchev–Trinajstić information content (AvgIpc) is 3.22. The summed E-state index contributed by atoms with van der Waals surface area (Å²) in [6.07, 6.45) is 40.4. The van der Waals surface area contributed by atoms with Crippen molar-refractivity contribution in [2.45, 2.75) is 219 Å². The van der Waals surface area contributed by atoms with Crippen molar-refractivity contribution in [3.8, 4) is 6.07 Å². The number of hydrogen-bond donors (Lipinski definition) is 2. The van der Waals surface area contributed by atoms with Crippen LogP contribution in [-0.2, 0) is 0 Å². The number of rotatable bonds is 27. The minimum atomic E-state index is -0.106. The van der Waals surface area contributed by atoms with Gasteiger partial charge in [0.05, 0.1) is 6.10 Å². The molecule has 1 aliphatic rings. The van der Waals surface area contributed by atoms with Gasteiger partial charge in [-0.1, -0.05) is 181 Å². The van der Waals surface area contributed by atoms with Crippen LogP contribution in [0.3, 0.4) is 0 Å². The van der Waals surface area contributed by atoms with Crippen LogP contribution in [0.2, 0.25) is 0 Å². The number of hydrogen-bond acceptors (Lipinski definition) is 6. The first-order valence-corrected chi connectivity index (χ1v) is 22.5. The van der Waals surface area contributed by atoms with E-state index < -0.39 is 0 Å². The molecule has 0 aromatic carbocycles. The molecule has 1 saturated heterocycles. The van der Waals surface area contributed by atoms with Gasteiger partial charge in [-0.2, -0.15) is 11.7 Å². The Morgan fingerprint density at radius 2 is 1.21 bits per heavy atom. The predicted octanol–water partition coefficient (Wildman–Crippen LogP) is 9.53. The molecule has 2 aromatic heterocycles. The van der Waals surface area contributed by atoms with E-state index in [9.17, 15) is 9.90 Å². The summed E-state index contributed by atoms with van der Waals surface area (Å²) in [5.74, 6) is 0.182. The number of nitriles is 1. The van der Waals surface area contributed by atoms with Gasteiger partial charge in [0.15, 0.2) is 5.78 Å². The zero-order valence-electron chi connectivity index (χ0n) is 37.6. The van der Waals surface area contributed by atoms with Crippen LogP contribution in [0.5, 0.6) is 0 Å². The van der Waals surface area contributed by atoms with Gasteiger partial charge in [0.2, 0.25) is 0 Å². The van der Waals surface area contributed by atoms with E-state index in [1.165, 1.54) is 154 Å². The molecule has 1 fully saturated rings. The Hall–Kier alpha value is 0.0278. The van der Waals surface area contributed by atoms with Crippen molar-refractivity contribution in [2.75, 3.05) is 6.54 Å². The summed E-state index contributed by atoms with van der Waals surface area (Å²) in [5, 5.41) is 21.8. The average molecular weight is 1100 g/mol. The number of piperidine rings is 1. The zero-order chi connectivity index (χ0) is 39.6. The number of nitrogens with one attached hydrogen (secondary N) is 1. The van der Waals surface area contributed by atoms with Crippen molar-refractivity contribution in [1.82, 2.24) is 15.3 Å². The molecule has 58 heavy (non-hydrogen) atoms. The second-order valence-corrected chi connectivity index (χ2v) is 15.1. The summed E-state index contributed by atoms with van der Waals surface area (Å²) in [6.45, 7) is 11.7. The molecule has 0 bridgehead atoms. The first-order chi connectivity index (χ1) is 26.5. The van der Waals surface area contributed by atoms with Crippen molar-refractivity contribution >= 4 is 28.8 Å². The van der Waals surface area contributed by atoms with E-state index in [1.54, 1.807) is 36.7 Å². The number of nitrogens with zero attached hydrogens (tertiary/aromatic N) is 3. The molecule has 327 valence electrons. The minimum Gasteiger partial charge on any atom is -1.00 e. The smallest absolute Gasteiger partial charge is 1.00 e. The number of carbonyl (C=O) groups excluding carboxylic acids is 1. The van der Waals surface area contributed by atoms with Gasteiger partial charge in [-0.05, 0) is 56.5 Å². The Bertz CT molecular complexity index is 1090. The number of aliphatic hydroxyl groups is 1. The Morgan fingerprint density at radius 1 is 0.741 bits per heavy atom. The number of aliphatic hydroxyl groups excluding tert-OH is 1. The molecule has 0 aliphatic carbocycles. The molecule has 2 aromatic rings. The molecule has 3 heterocycles. The molecule has 10 heteroatoms. The third-order valence-corrected chi connectivity index (χ3v) is 10.0. The quantitative estimate of drug-likeness (QED) is 0.0397. The molecule has 2 unspecified atom stereocenters. The summed E-state index contributed by atoms with van der Waals surface area (Å²) in [6, 6.07) is 13.0. The van der Waals surface area contributed by atoms with Crippen molar-refractivity contribution < 1.29 is 76.4 Å². The summed E-state index contributed by atoms with van der Waals surface area (Å²) in [7, 11) is 0. The third-order valence-electron chi connectivity index (χ3n) is 10.0. The maximum absolute atomic E-state index is 11.8. The second-order valence-electron chi connectivity index (χ2n) is 15.1. The van der Waals surface area contributed by atoms with E-state index in [4.69, 9.17) is 5.26 Å². The molecule has 0 spiro atoms. The molecule has 0 saturated carbocycles. The Morgan fingerprint density at radius 3 is 1.60 bits per heavy atom. The summed E-state index contributed by atoms with van der Waals surface area (Å²) in [4.78, 5) is 19.6. The van der Waals surface area contributed by atoms with E-state index in [-0.39, 0.29) is 101 Å². The Kier molecular flexibility index (Phi) is 63.7. The fraction of sp³-hybridized carbons (Fsp3) is 0.729. The van der Waals surface area contributed by atoms with E-state index in [0.29, 0.717) is 23.9 Å². The van der Waals surface area contributed by atoms with Crippen LogP contribution in [-0.4, -0.2) is 68.1 Å². The van der Waals surface area contributed by atoms with E-state index >= 15 is 0 Å². The SMILES string of the molecule is CCCCCCCCCCC(=O)c1ccccn1.CCCCCCCCCCC(O)C1CCCCN1.N#Cc1ccccn1.O.[Ac].[Br-].[CH2-]CCCCCCCCC.[Mg+2]. The fourth-order valence-electron chi connectivity index (χ4n) is 6.53. The normalized spacial score (nSPS) is 12.9. The summed E-state index contributed by atoms with van der Waals surface area (Å²) in [5.41, 5.74) is 1.08. The van der Waals surface area contributed by atoms with Crippen molar-refractivity contribution in [3.05, 3.63) is 67.1 Å². The molecule has 1 radical (unpaired) electrons. The van der Waals surface area contributed by atoms with Crippen LogP contribution in [0, 0.1) is 62.3 Å². The van der Waals surface area contributed by atoms with Crippen molar-refractivity contribution in [3.63, 3.8) is 0 Å². The topological polar surface area (TPSA) is 130 Å². The van der Waals surface area contributed by atoms with Gasteiger partial charge in [0.25, 0.3) is 0 Å². The van der Waals surface area contributed by atoms with Gasteiger partial charge in [0, 0.05) is 68.9 Å². The molecule has 2 atom stereocenters. The number of Topliss-reactive ketones (excluding diaryl/α,β-unsaturated/α-hetero) is 1. The number of halogens is 1. The fourth-order valence-corrected chi connectivity index (χ4v) is 6.53. The monoisotopic (exact) mass is 1100 g/mol. The van der Waals surface area contributed by atoms with Crippen molar-refractivity contribution in [1.29, 1.82) is 5.26 Å². The molecule has 7 nitrogen and oxygen atoms in total. The van der Waals surface area contributed by atoms with Crippen LogP contribution >= 0.6 is 0 Å². The predicted molar refractivity (Wildman–Crippen MR) is 241 cm³/mol. The number of ketones is 1. The van der Waals surface area contributed by atoms with Gasteiger partial charge in [-0.3, -0.25) is 9.78 Å². The van der Waals surface area contributed by atoms with E-state index in [2.05, 4.69) is 43.0 Å². The number of unbranched alkanes of at least 4 members (excludes halogenated alkanes) is 21. The van der Waals surface area contributed by atoms with Crippen LogP contribution in [0.1, 0.15) is 223 Å². The number of pyridine rings is 2. The maximum atomic E-state index is 11.8. The zero-order valence-corrected chi connectivity index (χ0v) is 45.3. The van der Waals surface area contributed by atoms with Gasteiger partial charge >= 0.3 is 23.1 Å². The standard InChI is InChI=1S/C16H33NO.C16H25NO.C10H21.C6H4N2.Ac.BrH.Mg.H2O/c2*1-2-3-4-5-6-7-8-9-13-16(18)15-12-10-11-14-17-15;1-3-5-7-9-10-8-6-4-2;7-5-6-3-1-2-4-8-6;;;;/h15-18H,2-14H2,1H3;10-12,14H,2-9,13H2,1H3;1,3-10H2,2H3;1-4H;;1H;;1H2/q;;-1;;;;+2;/p-1. The van der Waals surface area contributed by atoms with Gasteiger partial charge in [-0.25, -0.2) is 4.98 Å². The van der Waals surface area contributed by atoms with Crippen LogP contribution < -0.4 is 22.3 Å². The first-order valence-electron chi connectivity index (χ1n) is 22.5. The second kappa shape index (κ2) is 55.0. The number of carbonyl (C=O) groups is 1. The molecule has 4 N–H and O–H groups in total. The van der Waals surface area contributed by atoms with E-state index in [0.717, 1.165) is 32.2 Å². The van der Waals surface area contributed by atoms with E-state index in [1.807, 2.05) is 18.2 Å². The molecule has 1 aliphatic heterocycles. The number of aromatic nitrogens is 2. The van der Waals surface area contributed by atoms with Crippen LogP contribution in [0.15, 0.2) is 48.8 Å². The molecule has 3 rings (SSSR count). The Balaban J connectivity index is -0.000000220.